The number of nitrogens with one attached hydrogen (secondary N) is 2. The Morgan fingerprint density at radius 2 is 1.58 bits per heavy atom. The van der Waals surface area contributed by atoms with Gasteiger partial charge in [0, 0.05) is 30.2 Å². The quantitative estimate of drug-likeness (QED) is 0.405. The van der Waals surface area contributed by atoms with E-state index in [4.69, 9.17) is 11.6 Å². The standard InChI is InChI=1S/C29H29ClF3N3O2/c1-36-14-13-25(21-9-11-24(30)12-10-21)26(18-36)28(38)35-17-20-7-5-19(6-8-20)16-34-27(37)22-3-2-4-23(15-22)29(31,32)33/h2-12,15,25-26H,13-14,16-18H2,1H3,(H,34,37)(H,35,38). The third-order valence-electron chi connectivity index (χ3n) is 6.85. The maximum absolute atomic E-state index is 13.2. The number of halogens is 4. The van der Waals surface area contributed by atoms with Crippen LogP contribution in [0.1, 0.15) is 45.0 Å². The molecule has 0 radical (unpaired) electrons. The van der Waals surface area contributed by atoms with E-state index >= 15 is 0 Å². The van der Waals surface area contributed by atoms with Crippen LogP contribution in [0.2, 0.25) is 5.02 Å². The second-order valence-electron chi connectivity index (χ2n) is 9.61. The molecule has 200 valence electrons. The number of likely N-dealkylation sites (tertiary alicyclic amines) is 1. The molecule has 2 unspecified atom stereocenters. The fraction of sp³-hybridized carbons (Fsp3) is 0.310. The van der Waals surface area contributed by atoms with E-state index in [0.29, 0.717) is 18.1 Å². The second kappa shape index (κ2) is 12.0. The van der Waals surface area contributed by atoms with Crippen LogP contribution in [0.25, 0.3) is 0 Å². The number of hydrogen-bond donors (Lipinski definition) is 2. The van der Waals surface area contributed by atoms with Crippen molar-refractivity contribution in [1.82, 2.24) is 15.5 Å². The highest BCUT2D eigenvalue weighted by Crippen LogP contribution is 2.33. The molecule has 0 aromatic heterocycles. The lowest BCUT2D eigenvalue weighted by Crippen LogP contribution is -2.45. The molecule has 3 aromatic rings. The van der Waals surface area contributed by atoms with Crippen LogP contribution in [0.5, 0.6) is 0 Å². The number of piperidine rings is 1. The van der Waals surface area contributed by atoms with Crippen LogP contribution in [-0.4, -0.2) is 36.9 Å². The predicted octanol–water partition coefficient (Wildman–Crippen LogP) is 5.64. The monoisotopic (exact) mass is 543 g/mol. The van der Waals surface area contributed by atoms with Crippen LogP contribution >= 0.6 is 11.6 Å². The molecular formula is C29H29ClF3N3O2. The van der Waals surface area contributed by atoms with Gasteiger partial charge in [0.25, 0.3) is 5.91 Å². The van der Waals surface area contributed by atoms with E-state index in [1.807, 2.05) is 55.6 Å². The minimum absolute atomic E-state index is 0.00562. The molecule has 0 bridgehead atoms. The Labute approximate surface area is 225 Å². The lowest BCUT2D eigenvalue weighted by Gasteiger charge is -2.36. The molecule has 0 spiro atoms. The Hall–Kier alpha value is -3.36. The molecular weight excluding hydrogens is 515 g/mol. The molecule has 38 heavy (non-hydrogen) atoms. The fourth-order valence-corrected chi connectivity index (χ4v) is 4.83. The van der Waals surface area contributed by atoms with Gasteiger partial charge in [-0.25, -0.2) is 0 Å². The van der Waals surface area contributed by atoms with Crippen LogP contribution in [-0.2, 0) is 24.1 Å². The van der Waals surface area contributed by atoms with Gasteiger partial charge in [0.2, 0.25) is 5.91 Å². The van der Waals surface area contributed by atoms with Crippen LogP contribution in [0, 0.1) is 5.92 Å². The SMILES string of the molecule is CN1CCC(c2ccc(Cl)cc2)C(C(=O)NCc2ccc(CNC(=O)c3cccc(C(F)(F)F)c3)cc2)C1. The van der Waals surface area contributed by atoms with Crippen LogP contribution < -0.4 is 10.6 Å². The number of carbonyl (C=O) groups excluding carboxylic acids is 2. The third-order valence-corrected chi connectivity index (χ3v) is 7.10. The minimum Gasteiger partial charge on any atom is -0.352 e. The van der Waals surface area contributed by atoms with Gasteiger partial charge in [-0.15, -0.1) is 0 Å². The summed E-state index contributed by atoms with van der Waals surface area (Å²) in [5, 5.41) is 6.37. The highest BCUT2D eigenvalue weighted by atomic mass is 35.5. The van der Waals surface area contributed by atoms with Crippen LogP contribution in [0.3, 0.4) is 0 Å². The summed E-state index contributed by atoms with van der Waals surface area (Å²) in [6, 6.07) is 19.4. The molecule has 1 fully saturated rings. The van der Waals surface area contributed by atoms with Crippen molar-refractivity contribution in [3.05, 3.63) is 106 Å². The van der Waals surface area contributed by atoms with Gasteiger partial charge in [0.05, 0.1) is 11.5 Å². The summed E-state index contributed by atoms with van der Waals surface area (Å²) in [4.78, 5) is 27.6. The summed E-state index contributed by atoms with van der Waals surface area (Å²) in [6.07, 6.45) is -3.62. The molecule has 2 atom stereocenters. The molecule has 1 heterocycles. The summed E-state index contributed by atoms with van der Waals surface area (Å²) in [7, 11) is 2.02. The minimum atomic E-state index is -4.51. The highest BCUT2D eigenvalue weighted by Gasteiger charge is 2.34. The van der Waals surface area contributed by atoms with Crippen molar-refractivity contribution in [2.75, 3.05) is 20.1 Å². The van der Waals surface area contributed by atoms with Crippen molar-refractivity contribution < 1.29 is 22.8 Å². The Balaban J connectivity index is 1.31. The van der Waals surface area contributed by atoms with E-state index in [2.05, 4.69) is 15.5 Å². The van der Waals surface area contributed by atoms with Gasteiger partial charge in [0.1, 0.15) is 0 Å². The van der Waals surface area contributed by atoms with Gasteiger partial charge in [0.15, 0.2) is 0 Å². The van der Waals surface area contributed by atoms with E-state index in [9.17, 15) is 22.8 Å². The van der Waals surface area contributed by atoms with Gasteiger partial charge in [-0.1, -0.05) is 54.1 Å². The number of benzene rings is 3. The largest absolute Gasteiger partial charge is 0.416 e. The average Bonchev–Trinajstić information content (AvgIpc) is 2.91. The number of carbonyl (C=O) groups is 2. The lowest BCUT2D eigenvalue weighted by atomic mass is 9.80. The molecule has 1 aliphatic rings. The normalized spacial score (nSPS) is 18.1. The first kappa shape index (κ1) is 27.7. The molecule has 3 aromatic carbocycles. The van der Waals surface area contributed by atoms with Crippen molar-refractivity contribution in [2.45, 2.75) is 31.6 Å². The van der Waals surface area contributed by atoms with Crippen molar-refractivity contribution >= 4 is 23.4 Å². The summed E-state index contributed by atoms with van der Waals surface area (Å²) in [6.45, 7) is 2.12. The molecule has 1 aliphatic heterocycles. The van der Waals surface area contributed by atoms with Gasteiger partial charge >= 0.3 is 6.18 Å². The zero-order valence-electron chi connectivity index (χ0n) is 20.9. The third kappa shape index (κ3) is 7.14. The highest BCUT2D eigenvalue weighted by molar-refractivity contribution is 6.30. The van der Waals surface area contributed by atoms with Crippen molar-refractivity contribution in [3.8, 4) is 0 Å². The molecule has 2 N–H and O–H groups in total. The van der Waals surface area contributed by atoms with Crippen molar-refractivity contribution in [1.29, 1.82) is 0 Å². The average molecular weight is 544 g/mol. The second-order valence-corrected chi connectivity index (χ2v) is 10.0. The smallest absolute Gasteiger partial charge is 0.352 e. The summed E-state index contributed by atoms with van der Waals surface area (Å²) >= 11 is 6.04. The molecule has 1 saturated heterocycles. The Morgan fingerprint density at radius 1 is 0.947 bits per heavy atom. The molecule has 2 amide bonds. The van der Waals surface area contributed by atoms with Gasteiger partial charge < -0.3 is 15.5 Å². The van der Waals surface area contributed by atoms with Gasteiger partial charge in [-0.05, 0) is 73.0 Å². The van der Waals surface area contributed by atoms with Gasteiger partial charge in [-0.2, -0.15) is 13.2 Å². The van der Waals surface area contributed by atoms with Crippen molar-refractivity contribution in [3.63, 3.8) is 0 Å². The maximum atomic E-state index is 13.2. The molecule has 4 rings (SSSR count). The number of amides is 2. The molecule has 5 nitrogen and oxygen atoms in total. The Morgan fingerprint density at radius 3 is 2.21 bits per heavy atom. The first-order valence-corrected chi connectivity index (χ1v) is 12.7. The van der Waals surface area contributed by atoms with E-state index < -0.39 is 17.6 Å². The first-order chi connectivity index (χ1) is 18.1. The number of alkyl halides is 3. The fourth-order valence-electron chi connectivity index (χ4n) is 4.71. The molecule has 0 aliphatic carbocycles. The maximum Gasteiger partial charge on any atom is 0.416 e. The molecule has 9 heteroatoms. The van der Waals surface area contributed by atoms with E-state index in [1.165, 1.54) is 12.1 Å². The summed E-state index contributed by atoms with van der Waals surface area (Å²) in [5.74, 6) is -0.652. The van der Waals surface area contributed by atoms with Crippen molar-refractivity contribution in [2.24, 2.45) is 5.92 Å². The zero-order valence-corrected chi connectivity index (χ0v) is 21.6. The molecule has 0 saturated carbocycles. The first-order valence-electron chi connectivity index (χ1n) is 12.3. The summed E-state index contributed by atoms with van der Waals surface area (Å²) in [5.41, 5.74) is 1.88. The van der Waals surface area contributed by atoms with E-state index in [1.54, 1.807) is 0 Å². The topological polar surface area (TPSA) is 61.4 Å². The van der Waals surface area contributed by atoms with Crippen LogP contribution in [0.15, 0.2) is 72.8 Å². The van der Waals surface area contributed by atoms with E-state index in [-0.39, 0.29) is 29.9 Å². The Bertz CT molecular complexity index is 1260. The van der Waals surface area contributed by atoms with Crippen LogP contribution in [0.4, 0.5) is 13.2 Å². The van der Waals surface area contributed by atoms with Gasteiger partial charge in [-0.3, -0.25) is 9.59 Å². The number of nitrogens with zero attached hydrogens (tertiary/aromatic N) is 1. The number of hydrogen-bond acceptors (Lipinski definition) is 3. The van der Waals surface area contributed by atoms with E-state index in [0.717, 1.165) is 41.8 Å². The Kier molecular flexibility index (Phi) is 8.74. The zero-order chi connectivity index (χ0) is 27.3. The lowest BCUT2D eigenvalue weighted by molar-refractivity contribution is -0.137. The summed E-state index contributed by atoms with van der Waals surface area (Å²) < 4.78 is 38.7. The predicted molar refractivity (Wildman–Crippen MR) is 141 cm³/mol. The number of rotatable bonds is 7.